The summed E-state index contributed by atoms with van der Waals surface area (Å²) in [6, 6.07) is 11.0. The third kappa shape index (κ3) is 5.41. The third-order valence-corrected chi connectivity index (χ3v) is 6.57. The molecule has 0 bridgehead atoms. The topological polar surface area (TPSA) is 78.5 Å². The number of hydrogen-bond donors (Lipinski definition) is 2. The Morgan fingerprint density at radius 3 is 2.45 bits per heavy atom. The van der Waals surface area contributed by atoms with Crippen LogP contribution in [0.1, 0.15) is 40.7 Å². The van der Waals surface area contributed by atoms with E-state index in [0.717, 1.165) is 49.0 Å². The van der Waals surface area contributed by atoms with Crippen LogP contribution in [0, 0.1) is 5.82 Å². The van der Waals surface area contributed by atoms with Crippen molar-refractivity contribution in [2.24, 2.45) is 0 Å². The zero-order valence-corrected chi connectivity index (χ0v) is 17.3. The van der Waals surface area contributed by atoms with Crippen molar-refractivity contribution < 1.29 is 17.6 Å². The Morgan fingerprint density at radius 1 is 1.07 bits per heavy atom. The van der Waals surface area contributed by atoms with Crippen molar-refractivity contribution in [3.63, 3.8) is 0 Å². The van der Waals surface area contributed by atoms with Gasteiger partial charge in [0.15, 0.2) is 0 Å². The Balaban J connectivity index is 1.72. The summed E-state index contributed by atoms with van der Waals surface area (Å²) in [5, 5.41) is 2.72. The smallest absolute Gasteiger partial charge is 0.254 e. The molecule has 0 radical (unpaired) electrons. The van der Waals surface area contributed by atoms with E-state index in [1.807, 2.05) is 24.3 Å². The third-order valence-electron chi connectivity index (χ3n) is 5.16. The molecule has 0 atom stereocenters. The van der Waals surface area contributed by atoms with Crippen LogP contribution in [-0.2, 0) is 23.1 Å². The maximum atomic E-state index is 14.1. The second-order valence-electron chi connectivity index (χ2n) is 7.14. The molecular formula is C21H26FN3O3S. The van der Waals surface area contributed by atoms with Crippen LogP contribution in [0.25, 0.3) is 0 Å². The molecule has 2 aromatic carbocycles. The van der Waals surface area contributed by atoms with E-state index in [9.17, 15) is 17.6 Å². The van der Waals surface area contributed by atoms with E-state index in [1.54, 1.807) is 0 Å². The lowest BCUT2D eigenvalue weighted by atomic mass is 10.0. The number of nitrogens with zero attached hydrogens (tertiary/aromatic N) is 1. The molecular weight excluding hydrogens is 393 g/mol. The highest BCUT2D eigenvalue weighted by atomic mass is 32.2. The zero-order valence-electron chi connectivity index (χ0n) is 16.4. The van der Waals surface area contributed by atoms with Crippen LogP contribution in [0.5, 0.6) is 0 Å². The highest BCUT2D eigenvalue weighted by Crippen LogP contribution is 2.18. The standard InChI is InChI=1S/C21H26FN3O3S/c1-23-29(27,28)18-9-10-20(22)19(13-18)21(26)24-14-16-7-3-4-8-17(16)15-25-11-5-2-6-12-25/h3-4,7-10,13,23H,2,5-6,11-12,14-15H2,1H3,(H,24,26). The van der Waals surface area contributed by atoms with Crippen LogP contribution in [-0.4, -0.2) is 39.4 Å². The number of piperidine rings is 1. The Kier molecular flexibility index (Phi) is 7.00. The molecule has 1 saturated heterocycles. The predicted octanol–water partition coefficient (Wildman–Crippen LogP) is 2.65. The van der Waals surface area contributed by atoms with Gasteiger partial charge in [0, 0.05) is 13.1 Å². The number of halogens is 1. The fraction of sp³-hybridized carbons (Fsp3) is 0.381. The molecule has 2 aromatic rings. The molecule has 0 spiro atoms. The molecule has 29 heavy (non-hydrogen) atoms. The van der Waals surface area contributed by atoms with Crippen molar-refractivity contribution >= 4 is 15.9 Å². The summed E-state index contributed by atoms with van der Waals surface area (Å²) in [6.07, 6.45) is 3.66. The summed E-state index contributed by atoms with van der Waals surface area (Å²) in [5.74, 6) is -1.41. The first-order chi connectivity index (χ1) is 13.9. The highest BCUT2D eigenvalue weighted by molar-refractivity contribution is 7.89. The lowest BCUT2D eigenvalue weighted by Gasteiger charge is -2.27. The minimum absolute atomic E-state index is 0.156. The number of likely N-dealkylation sites (tertiary alicyclic amines) is 1. The van der Waals surface area contributed by atoms with Crippen molar-refractivity contribution in [1.29, 1.82) is 0 Å². The maximum absolute atomic E-state index is 14.1. The number of amides is 1. The minimum atomic E-state index is -3.76. The van der Waals surface area contributed by atoms with Crippen LogP contribution >= 0.6 is 0 Å². The van der Waals surface area contributed by atoms with E-state index in [4.69, 9.17) is 0 Å². The SMILES string of the molecule is CNS(=O)(=O)c1ccc(F)c(C(=O)NCc2ccccc2CN2CCCCC2)c1. The average Bonchev–Trinajstić information content (AvgIpc) is 2.74. The van der Waals surface area contributed by atoms with Crippen LogP contribution in [0.15, 0.2) is 47.4 Å². The number of sulfonamides is 1. The summed E-state index contributed by atoms with van der Waals surface area (Å²) in [4.78, 5) is 14.8. The molecule has 0 aromatic heterocycles. The normalized spacial score (nSPS) is 15.2. The zero-order chi connectivity index (χ0) is 20.9. The first kappa shape index (κ1) is 21.4. The van der Waals surface area contributed by atoms with E-state index < -0.39 is 21.7 Å². The van der Waals surface area contributed by atoms with Crippen LogP contribution in [0.4, 0.5) is 4.39 Å². The number of carbonyl (C=O) groups is 1. The van der Waals surface area contributed by atoms with E-state index in [0.29, 0.717) is 0 Å². The van der Waals surface area contributed by atoms with E-state index in [-0.39, 0.29) is 17.0 Å². The van der Waals surface area contributed by atoms with Gasteiger partial charge in [0.1, 0.15) is 5.82 Å². The van der Waals surface area contributed by atoms with Gasteiger partial charge < -0.3 is 5.32 Å². The molecule has 1 amide bonds. The number of nitrogens with one attached hydrogen (secondary N) is 2. The van der Waals surface area contributed by atoms with Gasteiger partial charge in [0.05, 0.1) is 10.5 Å². The maximum Gasteiger partial charge on any atom is 0.254 e. The van der Waals surface area contributed by atoms with Crippen molar-refractivity contribution in [2.75, 3.05) is 20.1 Å². The molecule has 6 nitrogen and oxygen atoms in total. The van der Waals surface area contributed by atoms with Gasteiger partial charge >= 0.3 is 0 Å². The van der Waals surface area contributed by atoms with Crippen LogP contribution in [0.2, 0.25) is 0 Å². The molecule has 0 aliphatic carbocycles. The number of hydrogen-bond acceptors (Lipinski definition) is 4. The predicted molar refractivity (Wildman–Crippen MR) is 109 cm³/mol. The van der Waals surface area contributed by atoms with E-state index >= 15 is 0 Å². The largest absolute Gasteiger partial charge is 0.348 e. The molecule has 2 N–H and O–H groups in total. The number of rotatable bonds is 7. The van der Waals surface area contributed by atoms with Crippen molar-refractivity contribution in [1.82, 2.24) is 14.9 Å². The van der Waals surface area contributed by atoms with E-state index in [2.05, 4.69) is 14.9 Å². The van der Waals surface area contributed by atoms with Gasteiger partial charge in [-0.15, -0.1) is 0 Å². The monoisotopic (exact) mass is 419 g/mol. The lowest BCUT2D eigenvalue weighted by Crippen LogP contribution is -2.30. The van der Waals surface area contributed by atoms with Crippen molar-refractivity contribution in [2.45, 2.75) is 37.2 Å². The van der Waals surface area contributed by atoms with Crippen LogP contribution < -0.4 is 10.0 Å². The quantitative estimate of drug-likeness (QED) is 0.723. The molecule has 8 heteroatoms. The Hall–Kier alpha value is -2.29. The fourth-order valence-electron chi connectivity index (χ4n) is 3.48. The van der Waals surface area contributed by atoms with Gasteiger partial charge in [0.2, 0.25) is 10.0 Å². The summed E-state index contributed by atoms with van der Waals surface area (Å²) in [6.45, 7) is 3.19. The van der Waals surface area contributed by atoms with Gasteiger partial charge in [-0.2, -0.15) is 0 Å². The summed E-state index contributed by atoms with van der Waals surface area (Å²) in [5.41, 5.74) is 1.79. The molecule has 1 heterocycles. The van der Waals surface area contributed by atoms with Gasteiger partial charge in [-0.1, -0.05) is 30.7 Å². The van der Waals surface area contributed by atoms with Gasteiger partial charge in [-0.05, 0) is 62.3 Å². The Labute approximate surface area is 171 Å². The summed E-state index contributed by atoms with van der Waals surface area (Å²) in [7, 11) is -2.50. The number of carbonyl (C=O) groups excluding carboxylic acids is 1. The minimum Gasteiger partial charge on any atom is -0.348 e. The molecule has 1 aliphatic rings. The molecule has 0 unspecified atom stereocenters. The first-order valence-electron chi connectivity index (χ1n) is 9.71. The summed E-state index contributed by atoms with van der Waals surface area (Å²) < 4.78 is 40.2. The van der Waals surface area contributed by atoms with Gasteiger partial charge in [-0.3, -0.25) is 9.69 Å². The molecule has 1 fully saturated rings. The fourth-order valence-corrected chi connectivity index (χ4v) is 4.23. The van der Waals surface area contributed by atoms with Crippen molar-refractivity contribution in [3.05, 3.63) is 65.0 Å². The first-order valence-corrected chi connectivity index (χ1v) is 11.2. The van der Waals surface area contributed by atoms with Gasteiger partial charge in [0.25, 0.3) is 5.91 Å². The second-order valence-corrected chi connectivity index (χ2v) is 9.02. The summed E-state index contributed by atoms with van der Waals surface area (Å²) >= 11 is 0. The number of benzene rings is 2. The average molecular weight is 420 g/mol. The second kappa shape index (κ2) is 9.47. The molecule has 3 rings (SSSR count). The molecule has 0 saturated carbocycles. The highest BCUT2D eigenvalue weighted by Gasteiger charge is 2.19. The molecule has 156 valence electrons. The Morgan fingerprint density at radius 2 is 1.76 bits per heavy atom. The van der Waals surface area contributed by atoms with Crippen molar-refractivity contribution in [3.8, 4) is 0 Å². The Bertz CT molecular complexity index is 973. The molecule has 1 aliphatic heterocycles. The van der Waals surface area contributed by atoms with E-state index in [1.165, 1.54) is 26.3 Å². The lowest BCUT2D eigenvalue weighted by molar-refractivity contribution is 0.0946. The van der Waals surface area contributed by atoms with Gasteiger partial charge in [-0.25, -0.2) is 17.5 Å². The van der Waals surface area contributed by atoms with Crippen LogP contribution in [0.3, 0.4) is 0 Å².